The second-order valence-electron chi connectivity index (χ2n) is 3.62. The van der Waals surface area contributed by atoms with E-state index < -0.39 is 0 Å². The molecule has 0 amide bonds. The number of hydrogen-bond donors (Lipinski definition) is 0. The molecule has 0 bridgehead atoms. The topological polar surface area (TPSA) is 34.9 Å². The Balaban J connectivity index is 2.39. The first-order chi connectivity index (χ1) is 8.15. The van der Waals surface area contributed by atoms with E-state index in [1.54, 1.807) is 16.8 Å². The predicted octanol–water partition coefficient (Wildman–Crippen LogP) is 3.41. The summed E-state index contributed by atoms with van der Waals surface area (Å²) >= 11 is 7.14. The zero-order valence-electron chi connectivity index (χ0n) is 9.74. The fourth-order valence-electron chi connectivity index (χ4n) is 1.63. The van der Waals surface area contributed by atoms with Crippen LogP contribution < -0.4 is 0 Å². The van der Waals surface area contributed by atoms with E-state index in [0.29, 0.717) is 21.5 Å². The Labute approximate surface area is 109 Å². The van der Waals surface area contributed by atoms with Crippen molar-refractivity contribution in [2.24, 2.45) is 0 Å². The van der Waals surface area contributed by atoms with Crippen LogP contribution >= 0.6 is 22.9 Å². The largest absolute Gasteiger partial charge is 0.286 e. The van der Waals surface area contributed by atoms with Crippen LogP contribution in [-0.4, -0.2) is 15.6 Å². The first kappa shape index (κ1) is 12.3. The quantitative estimate of drug-likeness (QED) is 0.797. The van der Waals surface area contributed by atoms with Gasteiger partial charge in [-0.3, -0.25) is 9.48 Å². The van der Waals surface area contributed by atoms with Gasteiger partial charge >= 0.3 is 0 Å². The summed E-state index contributed by atoms with van der Waals surface area (Å²) in [4.78, 5) is 12.9. The molecule has 2 heterocycles. The van der Waals surface area contributed by atoms with Gasteiger partial charge in [-0.25, -0.2) is 0 Å². The number of thiophene rings is 1. The molecule has 90 valence electrons. The van der Waals surface area contributed by atoms with Crippen molar-refractivity contribution in [2.45, 2.75) is 26.8 Å². The third-order valence-corrected chi connectivity index (χ3v) is 3.75. The van der Waals surface area contributed by atoms with Crippen LogP contribution in [0, 0.1) is 0 Å². The zero-order valence-corrected chi connectivity index (χ0v) is 11.3. The van der Waals surface area contributed by atoms with Crippen molar-refractivity contribution < 1.29 is 4.79 Å². The van der Waals surface area contributed by atoms with Gasteiger partial charge in [0, 0.05) is 6.54 Å². The normalized spacial score (nSPS) is 10.8. The van der Waals surface area contributed by atoms with Gasteiger partial charge in [-0.2, -0.15) is 5.10 Å². The monoisotopic (exact) mass is 268 g/mol. The number of nitrogens with zero attached hydrogens (tertiary/aromatic N) is 2. The van der Waals surface area contributed by atoms with Gasteiger partial charge in [-0.15, -0.1) is 11.3 Å². The standard InChI is InChI=1S/C12H13ClN2OS/c1-3-8-7-9(15(4-2)14-8)12(16)10-5-6-11(13)17-10/h5-7H,3-4H2,1-2H3. The number of aromatic nitrogens is 2. The SMILES string of the molecule is CCc1cc(C(=O)c2ccc(Cl)s2)n(CC)n1. The molecule has 3 nitrogen and oxygen atoms in total. The molecule has 0 spiro atoms. The number of hydrogen-bond acceptors (Lipinski definition) is 3. The molecule has 5 heteroatoms. The third-order valence-electron chi connectivity index (χ3n) is 2.52. The second kappa shape index (κ2) is 5.02. The molecule has 0 saturated carbocycles. The summed E-state index contributed by atoms with van der Waals surface area (Å²) in [6.45, 7) is 4.70. The maximum atomic E-state index is 12.3. The van der Waals surface area contributed by atoms with Crippen molar-refractivity contribution in [1.82, 2.24) is 9.78 Å². The van der Waals surface area contributed by atoms with Crippen LogP contribution in [0.5, 0.6) is 0 Å². The highest BCUT2D eigenvalue weighted by molar-refractivity contribution is 7.18. The highest BCUT2D eigenvalue weighted by Gasteiger charge is 2.17. The minimum atomic E-state index is -0.00375. The van der Waals surface area contributed by atoms with Gasteiger partial charge in [0.1, 0.15) is 5.69 Å². The first-order valence-electron chi connectivity index (χ1n) is 5.52. The van der Waals surface area contributed by atoms with Crippen LogP contribution in [0.2, 0.25) is 4.34 Å². The van der Waals surface area contributed by atoms with E-state index in [9.17, 15) is 4.79 Å². The van der Waals surface area contributed by atoms with Crippen LogP contribution in [0.1, 0.15) is 34.9 Å². The molecule has 0 aliphatic heterocycles. The summed E-state index contributed by atoms with van der Waals surface area (Å²) < 4.78 is 2.38. The van der Waals surface area contributed by atoms with Crippen LogP contribution in [0.3, 0.4) is 0 Å². The summed E-state index contributed by atoms with van der Waals surface area (Å²) in [7, 11) is 0. The van der Waals surface area contributed by atoms with Crippen LogP contribution in [-0.2, 0) is 13.0 Å². The van der Waals surface area contributed by atoms with E-state index in [4.69, 9.17) is 11.6 Å². The van der Waals surface area contributed by atoms with Gasteiger partial charge in [0.25, 0.3) is 0 Å². The van der Waals surface area contributed by atoms with E-state index in [2.05, 4.69) is 5.10 Å². The molecule has 0 N–H and O–H groups in total. The fourth-order valence-corrected chi connectivity index (χ4v) is 2.62. The predicted molar refractivity (Wildman–Crippen MR) is 70.0 cm³/mol. The van der Waals surface area contributed by atoms with Gasteiger partial charge in [-0.1, -0.05) is 18.5 Å². The van der Waals surface area contributed by atoms with Crippen molar-refractivity contribution in [3.05, 3.63) is 38.8 Å². The number of rotatable bonds is 4. The van der Waals surface area contributed by atoms with Crippen molar-refractivity contribution >= 4 is 28.7 Å². The van der Waals surface area contributed by atoms with E-state index >= 15 is 0 Å². The van der Waals surface area contributed by atoms with E-state index in [-0.39, 0.29) is 5.78 Å². The molecule has 0 aliphatic rings. The van der Waals surface area contributed by atoms with Crippen molar-refractivity contribution in [3.8, 4) is 0 Å². The molecule has 0 fully saturated rings. The second-order valence-corrected chi connectivity index (χ2v) is 5.34. The van der Waals surface area contributed by atoms with Crippen molar-refractivity contribution in [2.75, 3.05) is 0 Å². The lowest BCUT2D eigenvalue weighted by Gasteiger charge is -2.01. The van der Waals surface area contributed by atoms with Crippen molar-refractivity contribution in [3.63, 3.8) is 0 Å². The van der Waals surface area contributed by atoms with Crippen molar-refractivity contribution in [1.29, 1.82) is 0 Å². The van der Waals surface area contributed by atoms with Gasteiger partial charge in [-0.05, 0) is 31.5 Å². The fraction of sp³-hybridized carbons (Fsp3) is 0.333. The Morgan fingerprint density at radius 2 is 2.24 bits per heavy atom. The summed E-state index contributed by atoms with van der Waals surface area (Å²) in [5.74, 6) is -0.00375. The van der Waals surface area contributed by atoms with Gasteiger partial charge in [0.15, 0.2) is 0 Å². The highest BCUT2D eigenvalue weighted by atomic mass is 35.5. The summed E-state index contributed by atoms with van der Waals surface area (Å²) in [6, 6.07) is 5.36. The average molecular weight is 269 g/mol. The Hall–Kier alpha value is -1.13. The van der Waals surface area contributed by atoms with Gasteiger partial charge < -0.3 is 0 Å². The van der Waals surface area contributed by atoms with Crippen LogP contribution in [0.15, 0.2) is 18.2 Å². The maximum Gasteiger partial charge on any atom is 0.220 e. The maximum absolute atomic E-state index is 12.3. The highest BCUT2D eigenvalue weighted by Crippen LogP contribution is 2.24. The lowest BCUT2D eigenvalue weighted by Crippen LogP contribution is -2.09. The number of aryl methyl sites for hydroxylation is 2. The molecule has 17 heavy (non-hydrogen) atoms. The van der Waals surface area contributed by atoms with E-state index in [1.807, 2.05) is 19.9 Å². The zero-order chi connectivity index (χ0) is 12.4. The molecule has 0 atom stereocenters. The molecule has 0 aromatic carbocycles. The first-order valence-corrected chi connectivity index (χ1v) is 6.72. The summed E-state index contributed by atoms with van der Waals surface area (Å²) in [6.07, 6.45) is 0.832. The Kier molecular flexibility index (Phi) is 3.64. The molecule has 2 aromatic heterocycles. The number of halogens is 1. The molecule has 0 saturated heterocycles. The number of ketones is 1. The lowest BCUT2D eigenvalue weighted by molar-refractivity contribution is 0.103. The third kappa shape index (κ3) is 2.42. The molecule has 0 radical (unpaired) electrons. The summed E-state index contributed by atoms with van der Waals surface area (Å²) in [5.41, 5.74) is 1.58. The van der Waals surface area contributed by atoms with Gasteiger partial charge in [0.2, 0.25) is 5.78 Å². The van der Waals surface area contributed by atoms with Crippen LogP contribution in [0.4, 0.5) is 0 Å². The lowest BCUT2D eigenvalue weighted by atomic mass is 10.2. The molecule has 2 aromatic rings. The minimum absolute atomic E-state index is 0.00375. The van der Waals surface area contributed by atoms with E-state index in [0.717, 1.165) is 12.1 Å². The smallest absolute Gasteiger partial charge is 0.220 e. The molecule has 0 unspecified atom stereocenters. The molecule has 0 aliphatic carbocycles. The molecular weight excluding hydrogens is 256 g/mol. The molecular formula is C12H13ClN2OS. The van der Waals surface area contributed by atoms with Gasteiger partial charge in [0.05, 0.1) is 14.9 Å². The molecule has 2 rings (SSSR count). The Morgan fingerprint density at radius 3 is 2.76 bits per heavy atom. The van der Waals surface area contributed by atoms with E-state index in [1.165, 1.54) is 11.3 Å². The van der Waals surface area contributed by atoms with Crippen LogP contribution in [0.25, 0.3) is 0 Å². The number of carbonyl (C=O) groups excluding carboxylic acids is 1. The average Bonchev–Trinajstić information content (AvgIpc) is 2.93. The Bertz CT molecular complexity index is 544. The summed E-state index contributed by atoms with van der Waals surface area (Å²) in [5, 5.41) is 4.37. The Morgan fingerprint density at radius 1 is 1.47 bits per heavy atom. The minimum Gasteiger partial charge on any atom is -0.286 e. The number of carbonyl (C=O) groups is 1.